The molecule has 0 heterocycles. The number of hydrogen-bond acceptors (Lipinski definition) is 2. The molecule has 2 fully saturated rings. The lowest BCUT2D eigenvalue weighted by Gasteiger charge is -2.16. The first kappa shape index (κ1) is 6.62. The topological polar surface area (TPSA) is 46.2 Å². The van der Waals surface area contributed by atoms with Crippen molar-refractivity contribution in [2.75, 3.05) is 6.61 Å². The molecule has 0 aromatic carbocycles. The Labute approximate surface area is 61.4 Å². The third-order valence-electron chi connectivity index (χ3n) is 3.11. The summed E-state index contributed by atoms with van der Waals surface area (Å²) >= 11 is 0. The highest BCUT2D eigenvalue weighted by molar-refractivity contribution is 5.03. The first-order chi connectivity index (χ1) is 4.83. The molecule has 0 spiro atoms. The summed E-state index contributed by atoms with van der Waals surface area (Å²) in [6, 6.07) is 0.399. The maximum Gasteiger partial charge on any atom is 0.0434 e. The molecule has 2 rings (SSSR count). The number of rotatable bonds is 2. The van der Waals surface area contributed by atoms with Crippen molar-refractivity contribution < 1.29 is 5.11 Å². The van der Waals surface area contributed by atoms with E-state index in [1.807, 2.05) is 0 Å². The van der Waals surface area contributed by atoms with Crippen LogP contribution in [0.1, 0.15) is 19.3 Å². The van der Waals surface area contributed by atoms with Crippen LogP contribution in [0.5, 0.6) is 0 Å². The number of hydrogen-bond donors (Lipinski definition) is 2. The molecule has 4 atom stereocenters. The number of aliphatic hydroxyl groups is 1. The molecular weight excluding hydrogens is 126 g/mol. The molecule has 0 bridgehead atoms. The largest absolute Gasteiger partial charge is 0.396 e. The third kappa shape index (κ3) is 0.867. The zero-order chi connectivity index (χ0) is 7.14. The second-order valence-corrected chi connectivity index (χ2v) is 3.74. The van der Waals surface area contributed by atoms with Crippen LogP contribution in [-0.2, 0) is 0 Å². The van der Waals surface area contributed by atoms with Crippen LogP contribution in [0.2, 0.25) is 0 Å². The van der Waals surface area contributed by atoms with Gasteiger partial charge in [-0.05, 0) is 37.0 Å². The average Bonchev–Trinajstić information content (AvgIpc) is 2.57. The van der Waals surface area contributed by atoms with E-state index in [0.29, 0.717) is 18.6 Å². The van der Waals surface area contributed by atoms with Crippen molar-refractivity contribution in [3.05, 3.63) is 0 Å². The van der Waals surface area contributed by atoms with Crippen LogP contribution in [-0.4, -0.2) is 17.8 Å². The summed E-state index contributed by atoms with van der Waals surface area (Å²) in [5.41, 5.74) is 5.87. The lowest BCUT2D eigenvalue weighted by Crippen LogP contribution is -2.28. The minimum atomic E-state index is 0.321. The fourth-order valence-electron chi connectivity index (χ4n) is 2.49. The Morgan fingerprint density at radius 2 is 2.20 bits per heavy atom. The van der Waals surface area contributed by atoms with Crippen LogP contribution in [0, 0.1) is 17.8 Å². The third-order valence-corrected chi connectivity index (χ3v) is 3.11. The molecule has 2 aliphatic rings. The highest BCUT2D eigenvalue weighted by Crippen LogP contribution is 2.55. The van der Waals surface area contributed by atoms with Crippen molar-refractivity contribution in [3.8, 4) is 0 Å². The molecule has 2 aliphatic carbocycles. The molecule has 0 aliphatic heterocycles. The molecule has 58 valence electrons. The minimum absolute atomic E-state index is 0.321. The molecule has 2 heteroatoms. The molecule has 2 saturated carbocycles. The molecule has 0 aromatic heterocycles. The van der Waals surface area contributed by atoms with Crippen molar-refractivity contribution in [1.29, 1.82) is 0 Å². The van der Waals surface area contributed by atoms with E-state index in [0.717, 1.165) is 18.3 Å². The summed E-state index contributed by atoms with van der Waals surface area (Å²) in [7, 11) is 0. The normalized spacial score (nSPS) is 51.0. The van der Waals surface area contributed by atoms with Gasteiger partial charge in [0.15, 0.2) is 0 Å². The van der Waals surface area contributed by atoms with Crippen LogP contribution < -0.4 is 5.73 Å². The number of nitrogens with two attached hydrogens (primary N) is 1. The first-order valence-electron chi connectivity index (χ1n) is 4.19. The van der Waals surface area contributed by atoms with Crippen molar-refractivity contribution >= 4 is 0 Å². The van der Waals surface area contributed by atoms with Crippen LogP contribution in [0.15, 0.2) is 0 Å². The summed E-state index contributed by atoms with van der Waals surface area (Å²) in [4.78, 5) is 0. The molecule has 0 saturated heterocycles. The lowest BCUT2D eigenvalue weighted by molar-refractivity contribution is 0.240. The Kier molecular flexibility index (Phi) is 1.46. The highest BCUT2D eigenvalue weighted by atomic mass is 16.3. The van der Waals surface area contributed by atoms with E-state index in [4.69, 9.17) is 10.8 Å². The van der Waals surface area contributed by atoms with Crippen LogP contribution in [0.3, 0.4) is 0 Å². The van der Waals surface area contributed by atoms with Gasteiger partial charge in [0.05, 0.1) is 0 Å². The standard InChI is InChI=1S/C8H15NO/c9-8-4-5-3-7(5)6(8)1-2-10/h5-8,10H,1-4,9H2/t5-,6-,7-,8-/m0/s1. The van der Waals surface area contributed by atoms with Crippen molar-refractivity contribution in [2.24, 2.45) is 23.5 Å². The Morgan fingerprint density at radius 1 is 1.40 bits per heavy atom. The van der Waals surface area contributed by atoms with Gasteiger partial charge in [-0.25, -0.2) is 0 Å². The van der Waals surface area contributed by atoms with Gasteiger partial charge in [-0.1, -0.05) is 0 Å². The molecule has 10 heavy (non-hydrogen) atoms. The van der Waals surface area contributed by atoms with E-state index in [1.54, 1.807) is 0 Å². The molecule has 0 radical (unpaired) electrons. The van der Waals surface area contributed by atoms with E-state index >= 15 is 0 Å². The smallest absolute Gasteiger partial charge is 0.0434 e. The van der Waals surface area contributed by atoms with Crippen molar-refractivity contribution in [2.45, 2.75) is 25.3 Å². The predicted molar refractivity (Wildman–Crippen MR) is 39.4 cm³/mol. The van der Waals surface area contributed by atoms with Gasteiger partial charge in [0.1, 0.15) is 0 Å². The SMILES string of the molecule is N[C@H]1C[C@@H]2C[C@@H]2[C@@H]1CCO. The predicted octanol–water partition coefficient (Wildman–Crippen LogP) is 0.352. The van der Waals surface area contributed by atoms with E-state index in [-0.39, 0.29) is 0 Å². The van der Waals surface area contributed by atoms with E-state index in [2.05, 4.69) is 0 Å². The van der Waals surface area contributed by atoms with Gasteiger partial charge in [-0.2, -0.15) is 0 Å². The zero-order valence-corrected chi connectivity index (χ0v) is 6.16. The van der Waals surface area contributed by atoms with Crippen LogP contribution in [0.25, 0.3) is 0 Å². The number of aliphatic hydroxyl groups excluding tert-OH is 1. The van der Waals surface area contributed by atoms with Gasteiger partial charge in [0.25, 0.3) is 0 Å². The van der Waals surface area contributed by atoms with Crippen LogP contribution in [0.4, 0.5) is 0 Å². The summed E-state index contributed by atoms with van der Waals surface area (Å²) in [5, 5.41) is 8.73. The second kappa shape index (κ2) is 2.21. The van der Waals surface area contributed by atoms with E-state index in [1.165, 1.54) is 12.8 Å². The second-order valence-electron chi connectivity index (χ2n) is 3.74. The Hall–Kier alpha value is -0.0800. The van der Waals surface area contributed by atoms with Gasteiger partial charge >= 0.3 is 0 Å². The molecule has 0 unspecified atom stereocenters. The quantitative estimate of drug-likeness (QED) is 0.583. The molecule has 0 amide bonds. The van der Waals surface area contributed by atoms with Gasteiger partial charge < -0.3 is 10.8 Å². The van der Waals surface area contributed by atoms with Crippen LogP contribution >= 0.6 is 0 Å². The van der Waals surface area contributed by atoms with Gasteiger partial charge in [-0.3, -0.25) is 0 Å². The molecule has 0 aromatic rings. The highest BCUT2D eigenvalue weighted by Gasteiger charge is 2.51. The molecular formula is C8H15NO. The summed E-state index contributed by atoms with van der Waals surface area (Å²) in [6.07, 6.45) is 3.54. The number of fused-ring (bicyclic) bond motifs is 1. The monoisotopic (exact) mass is 141 g/mol. The maximum absolute atomic E-state index is 8.73. The molecule has 3 N–H and O–H groups in total. The average molecular weight is 141 g/mol. The molecule has 2 nitrogen and oxygen atoms in total. The first-order valence-corrected chi connectivity index (χ1v) is 4.19. The Balaban J connectivity index is 1.92. The summed E-state index contributed by atoms with van der Waals surface area (Å²) < 4.78 is 0. The Bertz CT molecular complexity index is 135. The van der Waals surface area contributed by atoms with Gasteiger partial charge in [-0.15, -0.1) is 0 Å². The lowest BCUT2D eigenvalue weighted by atomic mass is 9.96. The van der Waals surface area contributed by atoms with Gasteiger partial charge in [0.2, 0.25) is 0 Å². The minimum Gasteiger partial charge on any atom is -0.396 e. The van der Waals surface area contributed by atoms with Gasteiger partial charge in [0, 0.05) is 12.6 Å². The fourth-order valence-corrected chi connectivity index (χ4v) is 2.49. The van der Waals surface area contributed by atoms with E-state index in [9.17, 15) is 0 Å². The summed E-state index contributed by atoms with van der Waals surface area (Å²) in [5.74, 6) is 2.48. The van der Waals surface area contributed by atoms with Crippen molar-refractivity contribution in [3.63, 3.8) is 0 Å². The zero-order valence-electron chi connectivity index (χ0n) is 6.16. The van der Waals surface area contributed by atoms with Crippen molar-refractivity contribution in [1.82, 2.24) is 0 Å². The summed E-state index contributed by atoms with van der Waals surface area (Å²) in [6.45, 7) is 0.321. The Morgan fingerprint density at radius 3 is 2.70 bits per heavy atom. The maximum atomic E-state index is 8.73. The fraction of sp³-hybridized carbons (Fsp3) is 1.00. The van der Waals surface area contributed by atoms with E-state index < -0.39 is 0 Å².